The maximum Gasteiger partial charge on any atom is 0.239 e. The minimum Gasteiger partial charge on any atom is -0.353 e. The molecule has 1 N–H and O–H groups in total. The second-order valence-electron chi connectivity index (χ2n) is 7.17. The zero-order valence-electron chi connectivity index (χ0n) is 16.7. The highest BCUT2D eigenvalue weighted by atomic mass is 16.2. The molecule has 1 aliphatic rings. The fraction of sp³-hybridized carbons (Fsp3) is 0.789. The Morgan fingerprint density at radius 3 is 2.24 bits per heavy atom. The van der Waals surface area contributed by atoms with E-state index in [2.05, 4.69) is 28.6 Å². The van der Waals surface area contributed by atoms with Crippen LogP contribution in [0.5, 0.6) is 0 Å². The first-order valence-electron chi connectivity index (χ1n) is 9.47. The van der Waals surface area contributed by atoms with Crippen molar-refractivity contribution in [3.05, 3.63) is 12.2 Å². The number of amides is 2. The van der Waals surface area contributed by atoms with Crippen LogP contribution in [0.2, 0.25) is 0 Å². The summed E-state index contributed by atoms with van der Waals surface area (Å²) in [6, 6.07) is 0.0927. The third-order valence-electron chi connectivity index (χ3n) is 4.85. The third-order valence-corrected chi connectivity index (χ3v) is 4.85. The van der Waals surface area contributed by atoms with Crippen LogP contribution >= 0.6 is 0 Å². The second-order valence-corrected chi connectivity index (χ2v) is 7.17. The molecule has 0 aromatic carbocycles. The minimum absolute atomic E-state index is 0.0885. The topological polar surface area (TPSA) is 55.9 Å². The van der Waals surface area contributed by atoms with E-state index in [0.29, 0.717) is 19.6 Å². The van der Waals surface area contributed by atoms with Gasteiger partial charge in [-0.05, 0) is 34.1 Å². The van der Waals surface area contributed by atoms with E-state index in [4.69, 9.17) is 0 Å². The first kappa shape index (κ1) is 21.6. The Kier molecular flexibility index (Phi) is 9.14. The van der Waals surface area contributed by atoms with Crippen molar-refractivity contribution >= 4 is 11.8 Å². The molecule has 2 unspecified atom stereocenters. The summed E-state index contributed by atoms with van der Waals surface area (Å²) in [4.78, 5) is 30.9. The Bertz CT molecular complexity index is 458. The lowest BCUT2D eigenvalue weighted by Gasteiger charge is -2.38. The first-order chi connectivity index (χ1) is 11.8. The lowest BCUT2D eigenvalue weighted by atomic mass is 10.2. The average molecular weight is 353 g/mol. The van der Waals surface area contributed by atoms with Crippen molar-refractivity contribution in [1.82, 2.24) is 20.0 Å². The Morgan fingerprint density at radius 2 is 1.76 bits per heavy atom. The number of hydrogen-bond acceptors (Lipinski definition) is 4. The summed E-state index contributed by atoms with van der Waals surface area (Å²) in [6.07, 6.45) is 0.942. The predicted octanol–water partition coefficient (Wildman–Crippen LogP) is 1.33. The predicted molar refractivity (Wildman–Crippen MR) is 102 cm³/mol. The molecular weight excluding hydrogens is 316 g/mol. The summed E-state index contributed by atoms with van der Waals surface area (Å²) >= 11 is 0. The van der Waals surface area contributed by atoms with Gasteiger partial charge in [0.15, 0.2) is 0 Å². The lowest BCUT2D eigenvalue weighted by Crippen LogP contribution is -2.56. The van der Waals surface area contributed by atoms with Crippen LogP contribution in [-0.4, -0.2) is 84.4 Å². The lowest BCUT2D eigenvalue weighted by molar-refractivity contribution is -0.137. The van der Waals surface area contributed by atoms with Crippen molar-refractivity contribution in [2.24, 2.45) is 0 Å². The number of hydrogen-bond donors (Lipinski definition) is 1. The summed E-state index contributed by atoms with van der Waals surface area (Å²) in [5, 5.41) is 3.01. The van der Waals surface area contributed by atoms with Crippen LogP contribution in [0.3, 0.4) is 0 Å². The van der Waals surface area contributed by atoms with E-state index < -0.39 is 0 Å². The van der Waals surface area contributed by atoms with Crippen LogP contribution in [-0.2, 0) is 9.59 Å². The Labute approximate surface area is 153 Å². The van der Waals surface area contributed by atoms with Gasteiger partial charge >= 0.3 is 0 Å². The summed E-state index contributed by atoms with van der Waals surface area (Å²) in [7, 11) is 0. The van der Waals surface area contributed by atoms with E-state index in [-0.39, 0.29) is 23.9 Å². The molecule has 6 nitrogen and oxygen atoms in total. The van der Waals surface area contributed by atoms with Crippen LogP contribution in [0.4, 0.5) is 0 Å². The van der Waals surface area contributed by atoms with Crippen molar-refractivity contribution < 1.29 is 9.59 Å². The number of piperazine rings is 1. The van der Waals surface area contributed by atoms with Gasteiger partial charge in [-0.3, -0.25) is 19.4 Å². The highest BCUT2D eigenvalue weighted by Gasteiger charge is 2.28. The minimum atomic E-state index is -0.129. The van der Waals surface area contributed by atoms with Gasteiger partial charge in [0.05, 0.1) is 12.6 Å². The summed E-state index contributed by atoms with van der Waals surface area (Å²) < 4.78 is 0. The van der Waals surface area contributed by atoms with Gasteiger partial charge in [0, 0.05) is 45.3 Å². The van der Waals surface area contributed by atoms with Gasteiger partial charge in [-0.1, -0.05) is 19.1 Å². The van der Waals surface area contributed by atoms with Crippen LogP contribution in [0, 0.1) is 0 Å². The first-order valence-corrected chi connectivity index (χ1v) is 9.47. The average Bonchev–Trinajstić information content (AvgIpc) is 2.58. The standard InChI is InChI=1S/C19H36N4O2/c1-7-16(5)20-18(24)14-21-9-11-23(12-10-21)17(6)19(25)22(8-2)13-15(3)4/h16-17H,3,7-14H2,1-2,4-6H3,(H,20,24). The fourth-order valence-electron chi connectivity index (χ4n) is 3.03. The van der Waals surface area contributed by atoms with Crippen molar-refractivity contribution in [3.8, 4) is 0 Å². The van der Waals surface area contributed by atoms with Crippen LogP contribution in [0.25, 0.3) is 0 Å². The molecule has 1 fully saturated rings. The fourth-order valence-corrected chi connectivity index (χ4v) is 3.03. The molecule has 0 saturated carbocycles. The molecule has 144 valence electrons. The molecule has 1 heterocycles. The molecular formula is C19H36N4O2. The Morgan fingerprint density at radius 1 is 1.16 bits per heavy atom. The van der Waals surface area contributed by atoms with Gasteiger partial charge < -0.3 is 10.2 Å². The van der Waals surface area contributed by atoms with Gasteiger partial charge in [0.25, 0.3) is 0 Å². The molecule has 1 rings (SSSR count). The van der Waals surface area contributed by atoms with Crippen molar-refractivity contribution in [2.45, 2.75) is 53.1 Å². The molecule has 25 heavy (non-hydrogen) atoms. The van der Waals surface area contributed by atoms with E-state index in [1.807, 2.05) is 32.6 Å². The Balaban J connectivity index is 2.45. The van der Waals surface area contributed by atoms with Crippen LogP contribution in [0.15, 0.2) is 12.2 Å². The number of nitrogens with one attached hydrogen (secondary N) is 1. The zero-order chi connectivity index (χ0) is 19.0. The normalized spacial score (nSPS) is 18.4. The van der Waals surface area contributed by atoms with E-state index in [1.54, 1.807) is 0 Å². The summed E-state index contributed by atoms with van der Waals surface area (Å²) in [6.45, 7) is 19.0. The third kappa shape index (κ3) is 7.16. The number of carbonyl (C=O) groups excluding carboxylic acids is 2. The highest BCUT2D eigenvalue weighted by molar-refractivity contribution is 5.81. The number of rotatable bonds is 9. The van der Waals surface area contributed by atoms with Gasteiger partial charge in [-0.25, -0.2) is 0 Å². The summed E-state index contributed by atoms with van der Waals surface area (Å²) in [5.41, 5.74) is 1.000. The molecule has 0 aromatic heterocycles. The molecule has 0 bridgehead atoms. The molecule has 0 radical (unpaired) electrons. The maximum absolute atomic E-state index is 12.7. The van der Waals surface area contributed by atoms with Crippen LogP contribution in [0.1, 0.15) is 41.0 Å². The van der Waals surface area contributed by atoms with E-state index in [1.165, 1.54) is 0 Å². The Hall–Kier alpha value is -1.40. The summed E-state index contributed by atoms with van der Waals surface area (Å²) in [5.74, 6) is 0.249. The monoisotopic (exact) mass is 352 g/mol. The molecule has 0 spiro atoms. The maximum atomic E-state index is 12.7. The largest absolute Gasteiger partial charge is 0.353 e. The molecule has 2 amide bonds. The van der Waals surface area contributed by atoms with Crippen LogP contribution < -0.4 is 5.32 Å². The quantitative estimate of drug-likeness (QED) is 0.636. The van der Waals surface area contributed by atoms with Gasteiger partial charge in [-0.2, -0.15) is 0 Å². The molecule has 0 aliphatic carbocycles. The number of likely N-dealkylation sites (N-methyl/N-ethyl adjacent to an activating group) is 1. The van der Waals surface area contributed by atoms with Gasteiger partial charge in [-0.15, -0.1) is 0 Å². The van der Waals surface area contributed by atoms with E-state index in [9.17, 15) is 9.59 Å². The second kappa shape index (κ2) is 10.6. The van der Waals surface area contributed by atoms with Gasteiger partial charge in [0.2, 0.25) is 11.8 Å². The molecule has 1 aliphatic heterocycles. The highest BCUT2D eigenvalue weighted by Crippen LogP contribution is 2.10. The molecule has 1 saturated heterocycles. The van der Waals surface area contributed by atoms with Crippen molar-refractivity contribution in [2.75, 3.05) is 45.8 Å². The molecule has 2 atom stereocenters. The number of carbonyl (C=O) groups is 2. The molecule has 0 aromatic rings. The smallest absolute Gasteiger partial charge is 0.239 e. The van der Waals surface area contributed by atoms with Crippen molar-refractivity contribution in [3.63, 3.8) is 0 Å². The number of nitrogens with zero attached hydrogens (tertiary/aromatic N) is 3. The van der Waals surface area contributed by atoms with Crippen molar-refractivity contribution in [1.29, 1.82) is 0 Å². The van der Waals surface area contributed by atoms with Gasteiger partial charge in [0.1, 0.15) is 0 Å². The zero-order valence-corrected chi connectivity index (χ0v) is 16.7. The molecule has 6 heteroatoms. The van der Waals surface area contributed by atoms with E-state index >= 15 is 0 Å². The SMILES string of the molecule is C=C(C)CN(CC)C(=O)C(C)N1CCN(CC(=O)NC(C)CC)CC1. The van der Waals surface area contributed by atoms with E-state index in [0.717, 1.165) is 38.2 Å².